The van der Waals surface area contributed by atoms with Crippen LogP contribution in [0.3, 0.4) is 0 Å². The fourth-order valence-electron chi connectivity index (χ4n) is 2.66. The second-order valence-corrected chi connectivity index (χ2v) is 7.59. The van der Waals surface area contributed by atoms with Crippen LogP contribution in [0, 0.1) is 5.92 Å². The lowest BCUT2D eigenvalue weighted by atomic mass is 9.79. The maximum absolute atomic E-state index is 11.3. The molecule has 1 saturated carbocycles. The van der Waals surface area contributed by atoms with Crippen LogP contribution in [-0.4, -0.2) is 25.7 Å². The van der Waals surface area contributed by atoms with Crippen molar-refractivity contribution in [1.82, 2.24) is 0 Å². The van der Waals surface area contributed by atoms with Gasteiger partial charge in [0.15, 0.2) is 0 Å². The second kappa shape index (κ2) is 5.82. The summed E-state index contributed by atoms with van der Waals surface area (Å²) in [5.74, 6) is 0.662. The van der Waals surface area contributed by atoms with Gasteiger partial charge in [0.1, 0.15) is 4.90 Å². The van der Waals surface area contributed by atoms with Gasteiger partial charge in [0.25, 0.3) is 0 Å². The van der Waals surface area contributed by atoms with E-state index in [0.29, 0.717) is 18.2 Å². The Morgan fingerprint density at radius 1 is 1.38 bits per heavy atom. The lowest BCUT2D eigenvalue weighted by Crippen LogP contribution is -2.40. The average molecular weight is 313 g/mol. The van der Waals surface area contributed by atoms with Crippen LogP contribution in [0.5, 0.6) is 0 Å². The third-order valence-corrected chi connectivity index (χ3v) is 5.13. The van der Waals surface area contributed by atoms with E-state index in [1.165, 1.54) is 12.1 Å². The number of benzene rings is 1. The van der Waals surface area contributed by atoms with Crippen molar-refractivity contribution in [3.05, 3.63) is 18.2 Å². The minimum absolute atomic E-state index is 0.0850. The molecule has 7 heteroatoms. The number of nitrogens with one attached hydrogen (secondary N) is 1. The topological polar surface area (TPSA) is 118 Å². The monoisotopic (exact) mass is 313 g/mol. The minimum Gasteiger partial charge on any atom is -0.398 e. The number of aliphatic hydroxyl groups is 1. The van der Waals surface area contributed by atoms with Gasteiger partial charge < -0.3 is 16.2 Å². The molecule has 0 saturated heterocycles. The molecule has 0 bridgehead atoms. The van der Waals surface area contributed by atoms with Crippen molar-refractivity contribution in [3.8, 4) is 0 Å². The number of sulfonamides is 1. The molecule has 0 atom stereocenters. The highest BCUT2D eigenvalue weighted by Gasteiger charge is 2.31. The standard InChI is InChI=1S/C14H23N3O3S/c1-10-4-6-14(18,7-5-10)9-17-11-2-3-13(12(15)8-11)21(16,19)20/h2-3,8,10,17-18H,4-7,9,15H2,1H3,(H2,16,19,20). The highest BCUT2D eigenvalue weighted by molar-refractivity contribution is 7.89. The van der Waals surface area contributed by atoms with Gasteiger partial charge in [0.2, 0.25) is 10.0 Å². The predicted molar refractivity (Wildman–Crippen MR) is 83.3 cm³/mol. The number of nitrogens with two attached hydrogens (primary N) is 2. The van der Waals surface area contributed by atoms with Gasteiger partial charge in [0.05, 0.1) is 11.3 Å². The molecule has 1 aromatic carbocycles. The van der Waals surface area contributed by atoms with E-state index < -0.39 is 15.6 Å². The molecular weight excluding hydrogens is 290 g/mol. The van der Waals surface area contributed by atoms with Crippen LogP contribution in [0.2, 0.25) is 0 Å². The summed E-state index contributed by atoms with van der Waals surface area (Å²) in [6, 6.07) is 4.50. The largest absolute Gasteiger partial charge is 0.398 e. The van der Waals surface area contributed by atoms with Crippen molar-refractivity contribution in [2.45, 2.75) is 43.1 Å². The Kier molecular flexibility index (Phi) is 4.46. The number of primary sulfonamides is 1. The first-order valence-electron chi connectivity index (χ1n) is 7.08. The molecule has 6 N–H and O–H groups in total. The fourth-order valence-corrected chi connectivity index (χ4v) is 3.31. The van der Waals surface area contributed by atoms with E-state index in [0.717, 1.165) is 25.7 Å². The van der Waals surface area contributed by atoms with Crippen molar-refractivity contribution in [2.75, 3.05) is 17.6 Å². The molecule has 1 aliphatic rings. The Labute approximate surface area is 125 Å². The smallest absolute Gasteiger partial charge is 0.240 e. The van der Waals surface area contributed by atoms with Crippen LogP contribution in [0.4, 0.5) is 11.4 Å². The molecule has 1 aliphatic carbocycles. The van der Waals surface area contributed by atoms with Gasteiger partial charge in [-0.25, -0.2) is 13.6 Å². The summed E-state index contributed by atoms with van der Waals surface area (Å²) < 4.78 is 22.6. The maximum Gasteiger partial charge on any atom is 0.240 e. The summed E-state index contributed by atoms with van der Waals surface area (Å²) >= 11 is 0. The molecule has 6 nitrogen and oxygen atoms in total. The van der Waals surface area contributed by atoms with Crippen molar-refractivity contribution in [2.24, 2.45) is 11.1 Å². The first-order chi connectivity index (χ1) is 9.70. The van der Waals surface area contributed by atoms with E-state index in [1.807, 2.05) is 0 Å². The van der Waals surface area contributed by atoms with Crippen molar-refractivity contribution < 1.29 is 13.5 Å². The molecule has 0 radical (unpaired) electrons. The Morgan fingerprint density at radius 3 is 2.52 bits per heavy atom. The molecule has 118 valence electrons. The van der Waals surface area contributed by atoms with E-state index in [2.05, 4.69) is 12.2 Å². The maximum atomic E-state index is 11.3. The summed E-state index contributed by atoms with van der Waals surface area (Å²) in [6.45, 7) is 2.62. The van der Waals surface area contributed by atoms with Crippen LogP contribution in [-0.2, 0) is 10.0 Å². The third-order valence-electron chi connectivity index (χ3n) is 4.14. The van der Waals surface area contributed by atoms with Crippen LogP contribution in [0.1, 0.15) is 32.6 Å². The minimum atomic E-state index is -3.81. The van der Waals surface area contributed by atoms with Gasteiger partial charge in [-0.05, 0) is 49.8 Å². The van der Waals surface area contributed by atoms with Crippen molar-refractivity contribution in [3.63, 3.8) is 0 Å². The van der Waals surface area contributed by atoms with Gasteiger partial charge in [-0.1, -0.05) is 6.92 Å². The molecule has 1 fully saturated rings. The Balaban J connectivity index is 2.03. The van der Waals surface area contributed by atoms with Gasteiger partial charge in [-0.15, -0.1) is 0 Å². The zero-order valence-electron chi connectivity index (χ0n) is 12.2. The second-order valence-electron chi connectivity index (χ2n) is 6.06. The highest BCUT2D eigenvalue weighted by Crippen LogP contribution is 2.32. The van der Waals surface area contributed by atoms with Crippen LogP contribution >= 0.6 is 0 Å². The van der Waals surface area contributed by atoms with E-state index in [9.17, 15) is 13.5 Å². The predicted octanol–water partition coefficient (Wildman–Crippen LogP) is 1.27. The molecular formula is C14H23N3O3S. The summed E-state index contributed by atoms with van der Waals surface area (Å²) in [5, 5.41) is 18.7. The number of nitrogen functional groups attached to an aromatic ring is 1. The molecule has 0 amide bonds. The Hall–Kier alpha value is -1.31. The highest BCUT2D eigenvalue weighted by atomic mass is 32.2. The normalized spacial score (nSPS) is 26.5. The van der Waals surface area contributed by atoms with Gasteiger partial charge in [-0.2, -0.15) is 0 Å². The summed E-state index contributed by atoms with van der Waals surface area (Å²) in [4.78, 5) is -0.0850. The van der Waals surface area contributed by atoms with Gasteiger partial charge in [0, 0.05) is 12.2 Å². The van der Waals surface area contributed by atoms with Gasteiger partial charge in [-0.3, -0.25) is 0 Å². The van der Waals surface area contributed by atoms with Gasteiger partial charge >= 0.3 is 0 Å². The molecule has 0 heterocycles. The third kappa shape index (κ3) is 4.09. The molecule has 2 rings (SSSR count). The van der Waals surface area contributed by atoms with Crippen molar-refractivity contribution >= 4 is 21.4 Å². The molecule has 0 aliphatic heterocycles. The molecule has 0 aromatic heterocycles. The zero-order chi connectivity index (χ0) is 15.7. The molecule has 21 heavy (non-hydrogen) atoms. The Morgan fingerprint density at radius 2 is 2.00 bits per heavy atom. The molecule has 0 spiro atoms. The van der Waals surface area contributed by atoms with E-state index in [-0.39, 0.29) is 10.6 Å². The van der Waals surface area contributed by atoms with Crippen LogP contribution < -0.4 is 16.2 Å². The first-order valence-corrected chi connectivity index (χ1v) is 8.63. The summed E-state index contributed by atoms with van der Waals surface area (Å²) in [6.07, 6.45) is 3.58. The number of anilines is 2. The fraction of sp³-hybridized carbons (Fsp3) is 0.571. The summed E-state index contributed by atoms with van der Waals surface area (Å²) in [5.41, 5.74) is 5.77. The van der Waals surface area contributed by atoms with Crippen LogP contribution in [0.25, 0.3) is 0 Å². The number of rotatable bonds is 4. The number of hydrogen-bond donors (Lipinski definition) is 4. The molecule has 1 aromatic rings. The average Bonchev–Trinajstić information content (AvgIpc) is 2.39. The lowest BCUT2D eigenvalue weighted by Gasteiger charge is -2.35. The molecule has 0 unspecified atom stereocenters. The van der Waals surface area contributed by atoms with E-state index in [1.54, 1.807) is 6.07 Å². The SMILES string of the molecule is CC1CCC(O)(CNc2ccc(S(N)(=O)=O)c(N)c2)CC1. The van der Waals surface area contributed by atoms with E-state index in [4.69, 9.17) is 10.9 Å². The lowest BCUT2D eigenvalue weighted by molar-refractivity contribution is 0.00501. The Bertz CT molecular complexity index is 608. The number of hydrogen-bond acceptors (Lipinski definition) is 5. The zero-order valence-corrected chi connectivity index (χ0v) is 13.0. The van der Waals surface area contributed by atoms with Crippen molar-refractivity contribution in [1.29, 1.82) is 0 Å². The quantitative estimate of drug-likeness (QED) is 0.624. The first kappa shape index (κ1) is 16.1. The van der Waals surface area contributed by atoms with E-state index >= 15 is 0 Å². The van der Waals surface area contributed by atoms with Crippen LogP contribution in [0.15, 0.2) is 23.1 Å². The summed E-state index contributed by atoms with van der Waals surface area (Å²) in [7, 11) is -3.81.